The summed E-state index contributed by atoms with van der Waals surface area (Å²) in [6.45, 7) is 8.22. The van der Waals surface area contributed by atoms with Crippen molar-refractivity contribution >= 4 is 44.9 Å². The molecule has 32 heavy (non-hydrogen) atoms. The third kappa shape index (κ3) is 4.90. The largest absolute Gasteiger partial charge is 0.495 e. The number of anilines is 3. The number of hydrogen-bond donors (Lipinski definition) is 1. The van der Waals surface area contributed by atoms with Gasteiger partial charge < -0.3 is 29.0 Å². The molecule has 2 aromatic heterocycles. The average Bonchev–Trinajstić information content (AvgIpc) is 3.21. The van der Waals surface area contributed by atoms with Crippen LogP contribution in [0.2, 0.25) is 0 Å². The summed E-state index contributed by atoms with van der Waals surface area (Å²) in [5.74, 6) is 1.39. The first-order valence-electron chi connectivity index (χ1n) is 10.4. The van der Waals surface area contributed by atoms with Gasteiger partial charge in [-0.15, -0.1) is 0 Å². The maximum atomic E-state index is 12.3. The third-order valence-corrected chi connectivity index (χ3v) is 5.44. The molecular formula is C22H27BrN6O3. The Morgan fingerprint density at radius 1 is 1.19 bits per heavy atom. The predicted octanol–water partition coefficient (Wildman–Crippen LogP) is 4.30. The summed E-state index contributed by atoms with van der Waals surface area (Å²) in [4.78, 5) is 25.2. The van der Waals surface area contributed by atoms with Crippen LogP contribution < -0.4 is 15.0 Å². The Morgan fingerprint density at radius 3 is 2.62 bits per heavy atom. The SMILES string of the molecule is COc1cc(Nc2nc(Br)cn3ccnc23)ccc1N1CCN(C(=O)OC(C)(C)C)CC1. The predicted molar refractivity (Wildman–Crippen MR) is 127 cm³/mol. The zero-order valence-corrected chi connectivity index (χ0v) is 20.2. The number of methoxy groups -OCH3 is 1. The van der Waals surface area contributed by atoms with E-state index in [0.29, 0.717) is 36.6 Å². The summed E-state index contributed by atoms with van der Waals surface area (Å²) < 4.78 is 13.8. The summed E-state index contributed by atoms with van der Waals surface area (Å²) in [5.41, 5.74) is 2.06. The van der Waals surface area contributed by atoms with Crippen molar-refractivity contribution < 1.29 is 14.3 Å². The third-order valence-electron chi connectivity index (χ3n) is 5.06. The van der Waals surface area contributed by atoms with Crippen molar-refractivity contribution in [2.45, 2.75) is 26.4 Å². The van der Waals surface area contributed by atoms with Crippen LogP contribution in [-0.4, -0.2) is 64.3 Å². The van der Waals surface area contributed by atoms with E-state index in [0.717, 1.165) is 22.8 Å². The van der Waals surface area contributed by atoms with Gasteiger partial charge >= 0.3 is 6.09 Å². The number of nitrogens with zero attached hydrogens (tertiary/aromatic N) is 5. The number of ether oxygens (including phenoxy) is 2. The van der Waals surface area contributed by atoms with E-state index in [4.69, 9.17) is 9.47 Å². The minimum Gasteiger partial charge on any atom is -0.495 e. The molecule has 4 rings (SSSR count). The molecule has 3 heterocycles. The Labute approximate surface area is 195 Å². The number of benzene rings is 1. The molecule has 9 nitrogen and oxygen atoms in total. The highest BCUT2D eigenvalue weighted by molar-refractivity contribution is 9.10. The van der Waals surface area contributed by atoms with Crippen molar-refractivity contribution in [3.8, 4) is 5.75 Å². The molecular weight excluding hydrogens is 476 g/mol. The van der Waals surface area contributed by atoms with Gasteiger partial charge in [0.25, 0.3) is 0 Å². The van der Waals surface area contributed by atoms with Gasteiger partial charge in [0.15, 0.2) is 11.5 Å². The summed E-state index contributed by atoms with van der Waals surface area (Å²) in [5, 5.41) is 3.33. The highest BCUT2D eigenvalue weighted by Crippen LogP contribution is 2.33. The fourth-order valence-electron chi connectivity index (χ4n) is 3.59. The van der Waals surface area contributed by atoms with E-state index in [9.17, 15) is 4.79 Å². The minimum absolute atomic E-state index is 0.268. The van der Waals surface area contributed by atoms with E-state index in [1.807, 2.05) is 55.8 Å². The second-order valence-corrected chi connectivity index (χ2v) is 9.35. The molecule has 1 amide bonds. The number of fused-ring (bicyclic) bond motifs is 1. The zero-order valence-electron chi connectivity index (χ0n) is 18.6. The smallest absolute Gasteiger partial charge is 0.410 e. The van der Waals surface area contributed by atoms with Gasteiger partial charge in [-0.25, -0.2) is 14.8 Å². The van der Waals surface area contributed by atoms with Crippen LogP contribution >= 0.6 is 15.9 Å². The number of carbonyl (C=O) groups is 1. The Morgan fingerprint density at radius 2 is 1.94 bits per heavy atom. The maximum Gasteiger partial charge on any atom is 0.410 e. The van der Waals surface area contributed by atoms with Gasteiger partial charge in [-0.05, 0) is 48.8 Å². The Kier molecular flexibility index (Phi) is 6.14. The topological polar surface area (TPSA) is 84.2 Å². The van der Waals surface area contributed by atoms with Crippen molar-refractivity contribution in [3.63, 3.8) is 0 Å². The van der Waals surface area contributed by atoms with Gasteiger partial charge in [0.2, 0.25) is 0 Å². The van der Waals surface area contributed by atoms with Crippen LogP contribution in [-0.2, 0) is 4.74 Å². The van der Waals surface area contributed by atoms with Crippen LogP contribution in [0.3, 0.4) is 0 Å². The number of aromatic nitrogens is 3. The molecule has 1 aliphatic rings. The number of amides is 1. The molecule has 0 bridgehead atoms. The van der Waals surface area contributed by atoms with E-state index < -0.39 is 5.60 Å². The molecule has 3 aromatic rings. The molecule has 10 heteroatoms. The zero-order chi connectivity index (χ0) is 22.9. The monoisotopic (exact) mass is 502 g/mol. The lowest BCUT2D eigenvalue weighted by molar-refractivity contribution is 0.0240. The van der Waals surface area contributed by atoms with Crippen LogP contribution in [0.15, 0.2) is 41.4 Å². The lowest BCUT2D eigenvalue weighted by atomic mass is 10.2. The molecule has 1 fully saturated rings. The maximum absolute atomic E-state index is 12.3. The van der Waals surface area contributed by atoms with Crippen molar-refractivity contribution in [2.24, 2.45) is 0 Å². The Bertz CT molecular complexity index is 1120. The summed E-state index contributed by atoms with van der Waals surface area (Å²) in [6.07, 6.45) is 5.19. The first-order chi connectivity index (χ1) is 15.2. The fourth-order valence-corrected chi connectivity index (χ4v) is 3.99. The lowest BCUT2D eigenvalue weighted by Crippen LogP contribution is -2.50. The van der Waals surface area contributed by atoms with E-state index in [2.05, 4.69) is 36.1 Å². The van der Waals surface area contributed by atoms with Gasteiger partial charge in [0.1, 0.15) is 16.0 Å². The number of carbonyl (C=O) groups excluding carboxylic acids is 1. The highest BCUT2D eigenvalue weighted by Gasteiger charge is 2.27. The second kappa shape index (κ2) is 8.85. The second-order valence-electron chi connectivity index (χ2n) is 8.54. The number of nitrogens with one attached hydrogen (secondary N) is 1. The molecule has 1 aliphatic heterocycles. The summed E-state index contributed by atoms with van der Waals surface area (Å²) in [6, 6.07) is 5.95. The molecule has 1 N–H and O–H groups in total. The number of piperazine rings is 1. The van der Waals surface area contributed by atoms with Crippen molar-refractivity contribution in [1.29, 1.82) is 0 Å². The van der Waals surface area contributed by atoms with E-state index >= 15 is 0 Å². The van der Waals surface area contributed by atoms with Crippen LogP contribution in [0.4, 0.5) is 22.0 Å². The van der Waals surface area contributed by atoms with Gasteiger partial charge in [0, 0.05) is 56.5 Å². The lowest BCUT2D eigenvalue weighted by Gasteiger charge is -2.37. The number of imidazole rings is 1. The van der Waals surface area contributed by atoms with E-state index in [1.54, 1.807) is 18.2 Å². The van der Waals surface area contributed by atoms with Crippen molar-refractivity contribution in [3.05, 3.63) is 41.4 Å². The quantitative estimate of drug-likeness (QED) is 0.569. The Hall–Kier alpha value is -3.01. The Balaban J connectivity index is 1.47. The van der Waals surface area contributed by atoms with Gasteiger partial charge in [-0.1, -0.05) is 0 Å². The van der Waals surface area contributed by atoms with Crippen LogP contribution in [0.5, 0.6) is 5.75 Å². The first-order valence-corrected chi connectivity index (χ1v) is 11.2. The standard InChI is InChI=1S/C22H27BrN6O3/c1-22(2,3)32-21(30)28-11-9-27(10-12-28)16-6-5-15(13-17(16)31-4)25-19-20-24-7-8-29(20)14-18(23)26-19/h5-8,13-14H,9-12H2,1-4H3,(H,25,26). The minimum atomic E-state index is -0.495. The summed E-state index contributed by atoms with van der Waals surface area (Å²) >= 11 is 3.44. The average molecular weight is 503 g/mol. The molecule has 0 spiro atoms. The molecule has 0 saturated carbocycles. The van der Waals surface area contributed by atoms with Gasteiger partial charge in [-0.3, -0.25) is 0 Å². The first kappa shape index (κ1) is 22.2. The van der Waals surface area contributed by atoms with E-state index in [-0.39, 0.29) is 6.09 Å². The van der Waals surface area contributed by atoms with Crippen molar-refractivity contribution in [1.82, 2.24) is 19.3 Å². The van der Waals surface area contributed by atoms with Crippen LogP contribution in [0.1, 0.15) is 20.8 Å². The fraction of sp³-hybridized carbons (Fsp3) is 0.409. The molecule has 170 valence electrons. The number of halogens is 1. The molecule has 0 aliphatic carbocycles. The molecule has 0 atom stereocenters. The van der Waals surface area contributed by atoms with Gasteiger partial charge in [-0.2, -0.15) is 0 Å². The van der Waals surface area contributed by atoms with Gasteiger partial charge in [0.05, 0.1) is 12.8 Å². The van der Waals surface area contributed by atoms with Crippen LogP contribution in [0.25, 0.3) is 5.65 Å². The van der Waals surface area contributed by atoms with Crippen LogP contribution in [0, 0.1) is 0 Å². The molecule has 0 unspecified atom stereocenters. The molecule has 1 aromatic carbocycles. The molecule has 1 saturated heterocycles. The van der Waals surface area contributed by atoms with Crippen molar-refractivity contribution in [2.75, 3.05) is 43.5 Å². The van der Waals surface area contributed by atoms with E-state index in [1.165, 1.54) is 0 Å². The molecule has 0 radical (unpaired) electrons. The number of rotatable bonds is 4. The highest BCUT2D eigenvalue weighted by atomic mass is 79.9. The normalized spacial score (nSPS) is 14.5. The summed E-state index contributed by atoms with van der Waals surface area (Å²) in [7, 11) is 1.66. The number of hydrogen-bond acceptors (Lipinski definition) is 7.